The van der Waals surface area contributed by atoms with E-state index < -0.39 is 0 Å². The zero-order valence-electron chi connectivity index (χ0n) is 10.7. The predicted octanol–water partition coefficient (Wildman–Crippen LogP) is 2.49. The van der Waals surface area contributed by atoms with Crippen LogP contribution >= 0.6 is 0 Å². The third-order valence-corrected chi connectivity index (χ3v) is 2.83. The van der Waals surface area contributed by atoms with E-state index in [9.17, 15) is 4.79 Å². The number of hydrogen-bond donors (Lipinski definition) is 1. The van der Waals surface area contributed by atoms with Gasteiger partial charge in [-0.05, 0) is 12.8 Å². The van der Waals surface area contributed by atoms with Gasteiger partial charge in [-0.3, -0.25) is 0 Å². The van der Waals surface area contributed by atoms with Crippen molar-refractivity contribution in [3.63, 3.8) is 0 Å². The summed E-state index contributed by atoms with van der Waals surface area (Å²) in [6.07, 6.45) is 4.87. The van der Waals surface area contributed by atoms with Gasteiger partial charge in [0.2, 0.25) is 0 Å². The second kappa shape index (κ2) is 6.23. The number of aromatic nitrogens is 2. The molecule has 4 heteroatoms. The molecule has 0 bridgehead atoms. The number of nitrogens with one attached hydrogen (secondary N) is 1. The molecular weight excluding hydrogens is 216 g/mol. The fourth-order valence-corrected chi connectivity index (χ4v) is 1.46. The van der Waals surface area contributed by atoms with Gasteiger partial charge in [-0.1, -0.05) is 26.8 Å². The van der Waals surface area contributed by atoms with Gasteiger partial charge in [0.25, 0.3) is 0 Å². The lowest BCUT2D eigenvalue weighted by Gasteiger charge is -2.22. The largest absolute Gasteiger partial charge is 0.458 e. The van der Waals surface area contributed by atoms with E-state index in [0.29, 0.717) is 17.9 Å². The summed E-state index contributed by atoms with van der Waals surface area (Å²) < 4.78 is 5.44. The van der Waals surface area contributed by atoms with Gasteiger partial charge in [0.05, 0.1) is 0 Å². The van der Waals surface area contributed by atoms with E-state index in [1.165, 1.54) is 0 Å². The second-order valence-electron chi connectivity index (χ2n) is 4.35. The van der Waals surface area contributed by atoms with E-state index in [-0.39, 0.29) is 12.1 Å². The number of esters is 1. The summed E-state index contributed by atoms with van der Waals surface area (Å²) in [4.78, 5) is 18.7. The monoisotopic (exact) mass is 236 g/mol. The first-order valence-corrected chi connectivity index (χ1v) is 5.89. The number of ether oxygens (including phenoxy) is 1. The normalized spacial score (nSPS) is 14.1. The summed E-state index contributed by atoms with van der Waals surface area (Å²) in [6, 6.07) is 0. The third-order valence-electron chi connectivity index (χ3n) is 2.83. The predicted molar refractivity (Wildman–Crippen MR) is 66.4 cm³/mol. The van der Waals surface area contributed by atoms with Crippen LogP contribution in [-0.2, 0) is 16.0 Å². The highest BCUT2D eigenvalue weighted by molar-refractivity contribution is 5.87. The highest BCUT2D eigenvalue weighted by atomic mass is 16.5. The van der Waals surface area contributed by atoms with Crippen LogP contribution in [0.15, 0.2) is 24.5 Å². The Morgan fingerprint density at radius 3 is 2.82 bits per heavy atom. The number of H-pyrrole nitrogens is 1. The number of nitrogens with zero attached hydrogens (tertiary/aromatic N) is 1. The van der Waals surface area contributed by atoms with Crippen molar-refractivity contribution in [2.75, 3.05) is 0 Å². The van der Waals surface area contributed by atoms with Crippen molar-refractivity contribution in [1.29, 1.82) is 0 Å². The van der Waals surface area contributed by atoms with Crippen LogP contribution in [0.1, 0.15) is 33.0 Å². The molecule has 0 saturated carbocycles. The molecule has 17 heavy (non-hydrogen) atoms. The molecule has 4 nitrogen and oxygen atoms in total. The second-order valence-corrected chi connectivity index (χ2v) is 4.35. The average molecular weight is 236 g/mol. The maximum absolute atomic E-state index is 11.5. The summed E-state index contributed by atoms with van der Waals surface area (Å²) in [7, 11) is 0. The molecule has 0 saturated heterocycles. The van der Waals surface area contributed by atoms with Crippen LogP contribution in [0.4, 0.5) is 0 Å². The minimum absolute atomic E-state index is 0.157. The molecule has 1 heterocycles. The Morgan fingerprint density at radius 2 is 2.35 bits per heavy atom. The lowest BCUT2D eigenvalue weighted by atomic mass is 9.98. The Hall–Kier alpha value is -1.58. The molecule has 1 rings (SSSR count). The quantitative estimate of drug-likeness (QED) is 0.610. The number of imidazole rings is 1. The van der Waals surface area contributed by atoms with Gasteiger partial charge < -0.3 is 9.72 Å². The summed E-state index contributed by atoms with van der Waals surface area (Å²) in [5.41, 5.74) is 0.428. The fourth-order valence-electron chi connectivity index (χ4n) is 1.46. The van der Waals surface area contributed by atoms with E-state index >= 15 is 0 Å². The number of carbonyl (C=O) groups is 1. The average Bonchev–Trinajstić information content (AvgIpc) is 2.79. The Bertz CT molecular complexity index is 371. The Morgan fingerprint density at radius 1 is 1.65 bits per heavy atom. The third kappa shape index (κ3) is 4.06. The van der Waals surface area contributed by atoms with Crippen molar-refractivity contribution in [3.05, 3.63) is 30.4 Å². The zero-order chi connectivity index (χ0) is 12.8. The molecule has 0 aliphatic heterocycles. The van der Waals surface area contributed by atoms with Gasteiger partial charge in [0.1, 0.15) is 11.9 Å². The zero-order valence-corrected chi connectivity index (χ0v) is 10.7. The summed E-state index contributed by atoms with van der Waals surface area (Å²) in [5.74, 6) is 0.801. The Balaban J connectivity index is 2.67. The molecule has 0 aliphatic carbocycles. The topological polar surface area (TPSA) is 55.0 Å². The summed E-state index contributed by atoms with van der Waals surface area (Å²) >= 11 is 0. The minimum atomic E-state index is -0.332. The van der Waals surface area contributed by atoms with Crippen molar-refractivity contribution in [3.8, 4) is 0 Å². The molecule has 94 valence electrons. The Kier molecular flexibility index (Phi) is 4.94. The first-order chi connectivity index (χ1) is 8.04. The van der Waals surface area contributed by atoms with Gasteiger partial charge in [0.15, 0.2) is 0 Å². The van der Waals surface area contributed by atoms with Crippen molar-refractivity contribution >= 4 is 5.97 Å². The maximum Gasteiger partial charge on any atom is 0.333 e. The molecule has 0 spiro atoms. The van der Waals surface area contributed by atoms with Crippen LogP contribution in [0.3, 0.4) is 0 Å². The van der Waals surface area contributed by atoms with Gasteiger partial charge in [0, 0.05) is 24.4 Å². The molecule has 0 fully saturated rings. The standard InChI is InChI=1S/C13H20N2O2/c1-5-10(4)11(17-13(16)9(2)3)8-12-14-6-7-15-12/h6-7,10-11H,2,5,8H2,1,3-4H3,(H,14,15). The van der Waals surface area contributed by atoms with Crippen LogP contribution in [-0.4, -0.2) is 22.0 Å². The van der Waals surface area contributed by atoms with Crippen molar-refractivity contribution in [2.45, 2.75) is 39.7 Å². The summed E-state index contributed by atoms with van der Waals surface area (Å²) in [5, 5.41) is 0. The van der Waals surface area contributed by atoms with E-state index in [1.807, 2.05) is 0 Å². The molecule has 0 aliphatic rings. The van der Waals surface area contributed by atoms with Crippen LogP contribution in [0.25, 0.3) is 0 Å². The van der Waals surface area contributed by atoms with Gasteiger partial charge in [-0.15, -0.1) is 0 Å². The molecule has 0 aromatic carbocycles. The van der Waals surface area contributed by atoms with Crippen LogP contribution in [0.5, 0.6) is 0 Å². The lowest BCUT2D eigenvalue weighted by Crippen LogP contribution is -2.28. The number of hydrogen-bond acceptors (Lipinski definition) is 3. The molecule has 1 N–H and O–H groups in total. The van der Waals surface area contributed by atoms with Gasteiger partial charge in [-0.25, -0.2) is 9.78 Å². The number of rotatable bonds is 6. The van der Waals surface area contributed by atoms with E-state index in [4.69, 9.17) is 4.74 Å². The van der Waals surface area contributed by atoms with E-state index in [0.717, 1.165) is 12.2 Å². The number of aromatic amines is 1. The molecule has 2 unspecified atom stereocenters. The molecule has 1 aromatic rings. The van der Waals surface area contributed by atoms with Crippen molar-refractivity contribution < 1.29 is 9.53 Å². The molecule has 0 radical (unpaired) electrons. The van der Waals surface area contributed by atoms with Gasteiger partial charge in [-0.2, -0.15) is 0 Å². The van der Waals surface area contributed by atoms with Crippen LogP contribution in [0.2, 0.25) is 0 Å². The van der Waals surface area contributed by atoms with Gasteiger partial charge >= 0.3 is 5.97 Å². The SMILES string of the molecule is C=C(C)C(=O)OC(Cc1ncc[nH]1)C(C)CC. The summed E-state index contributed by atoms with van der Waals surface area (Å²) in [6.45, 7) is 9.39. The first kappa shape index (κ1) is 13.5. The van der Waals surface area contributed by atoms with Crippen molar-refractivity contribution in [2.24, 2.45) is 5.92 Å². The highest BCUT2D eigenvalue weighted by Crippen LogP contribution is 2.16. The Labute approximate surface area is 102 Å². The smallest absolute Gasteiger partial charge is 0.333 e. The van der Waals surface area contributed by atoms with Crippen molar-refractivity contribution in [1.82, 2.24) is 9.97 Å². The molecule has 2 atom stereocenters. The maximum atomic E-state index is 11.5. The molecular formula is C13H20N2O2. The van der Waals surface area contributed by atoms with Crippen LogP contribution in [0, 0.1) is 5.92 Å². The molecule has 1 aromatic heterocycles. The van der Waals surface area contributed by atoms with E-state index in [2.05, 4.69) is 30.4 Å². The van der Waals surface area contributed by atoms with E-state index in [1.54, 1.807) is 19.3 Å². The lowest BCUT2D eigenvalue weighted by molar-refractivity contribution is -0.146. The number of carbonyl (C=O) groups excluding carboxylic acids is 1. The minimum Gasteiger partial charge on any atom is -0.458 e. The van der Waals surface area contributed by atoms with Crippen LogP contribution < -0.4 is 0 Å². The molecule has 0 amide bonds. The fraction of sp³-hybridized carbons (Fsp3) is 0.538. The first-order valence-electron chi connectivity index (χ1n) is 5.89. The highest BCUT2D eigenvalue weighted by Gasteiger charge is 2.22.